The van der Waals surface area contributed by atoms with Crippen LogP contribution in [0.4, 0.5) is 5.69 Å². The second kappa shape index (κ2) is 7.43. The minimum Gasteiger partial charge on any atom is -0.457 e. The second-order valence-electron chi connectivity index (χ2n) is 5.82. The first kappa shape index (κ1) is 18.3. The van der Waals surface area contributed by atoms with E-state index in [1.807, 2.05) is 13.8 Å². The van der Waals surface area contributed by atoms with Crippen molar-refractivity contribution in [3.8, 4) is 11.3 Å². The smallest absolute Gasteiger partial charge is 0.270 e. The van der Waals surface area contributed by atoms with Crippen molar-refractivity contribution >= 4 is 46.0 Å². The summed E-state index contributed by atoms with van der Waals surface area (Å²) in [4.78, 5) is 25.1. The summed E-state index contributed by atoms with van der Waals surface area (Å²) in [6, 6.07) is 9.71. The van der Waals surface area contributed by atoms with Gasteiger partial charge in [-0.2, -0.15) is 0 Å². The molecule has 0 N–H and O–H groups in total. The van der Waals surface area contributed by atoms with Crippen LogP contribution in [0.2, 0.25) is 0 Å². The van der Waals surface area contributed by atoms with Crippen LogP contribution in [0.5, 0.6) is 0 Å². The van der Waals surface area contributed by atoms with Gasteiger partial charge in [0.2, 0.25) is 0 Å². The molecule has 0 bridgehead atoms. The van der Waals surface area contributed by atoms with E-state index in [0.717, 1.165) is 6.42 Å². The molecular weight excluding hydrogens is 372 g/mol. The van der Waals surface area contributed by atoms with Crippen LogP contribution in [-0.4, -0.2) is 26.1 Å². The summed E-state index contributed by atoms with van der Waals surface area (Å²) in [7, 11) is 0. The number of benzene rings is 1. The number of carbonyl (C=O) groups excluding carboxylic acids is 1. The number of hydrogen-bond donors (Lipinski definition) is 0. The van der Waals surface area contributed by atoms with E-state index in [-0.39, 0.29) is 17.6 Å². The van der Waals surface area contributed by atoms with Gasteiger partial charge in [-0.05, 0) is 25.5 Å². The molecule has 6 nitrogen and oxygen atoms in total. The van der Waals surface area contributed by atoms with Gasteiger partial charge in [0.15, 0.2) is 0 Å². The van der Waals surface area contributed by atoms with Gasteiger partial charge < -0.3 is 4.42 Å². The van der Waals surface area contributed by atoms with Gasteiger partial charge >= 0.3 is 0 Å². The molecule has 1 aliphatic rings. The fraction of sp³-hybridized carbons (Fsp3) is 0.222. The van der Waals surface area contributed by atoms with Gasteiger partial charge in [-0.15, -0.1) is 0 Å². The molecule has 1 saturated heterocycles. The minimum atomic E-state index is -0.451. The quantitative estimate of drug-likeness (QED) is 0.315. The number of nitro benzene ring substituents is 1. The molecule has 1 aliphatic heterocycles. The average Bonchev–Trinajstić information content (AvgIpc) is 3.19. The van der Waals surface area contributed by atoms with Crippen LogP contribution >= 0.6 is 24.0 Å². The summed E-state index contributed by atoms with van der Waals surface area (Å²) in [5.41, 5.74) is 0.598. The molecule has 8 heteroatoms. The van der Waals surface area contributed by atoms with E-state index >= 15 is 0 Å². The summed E-state index contributed by atoms with van der Waals surface area (Å²) < 4.78 is 6.29. The average molecular weight is 388 g/mol. The molecular formula is C18H16N2O4S2. The predicted molar refractivity (Wildman–Crippen MR) is 106 cm³/mol. The third kappa shape index (κ3) is 3.56. The van der Waals surface area contributed by atoms with Gasteiger partial charge in [0.25, 0.3) is 11.6 Å². The van der Waals surface area contributed by atoms with E-state index in [1.54, 1.807) is 35.2 Å². The molecule has 2 aromatic rings. The van der Waals surface area contributed by atoms with E-state index < -0.39 is 4.92 Å². The summed E-state index contributed by atoms with van der Waals surface area (Å²) >= 11 is 6.56. The molecule has 0 saturated carbocycles. The molecule has 1 amide bonds. The summed E-state index contributed by atoms with van der Waals surface area (Å²) in [6.07, 6.45) is 2.47. The van der Waals surface area contributed by atoms with E-state index in [0.29, 0.717) is 26.3 Å². The lowest BCUT2D eigenvalue weighted by molar-refractivity contribution is -0.384. The maximum absolute atomic E-state index is 12.5. The number of carbonyl (C=O) groups is 1. The van der Waals surface area contributed by atoms with E-state index in [9.17, 15) is 14.9 Å². The van der Waals surface area contributed by atoms with Crippen LogP contribution in [0.25, 0.3) is 17.4 Å². The van der Waals surface area contributed by atoms with Gasteiger partial charge in [-0.3, -0.25) is 19.8 Å². The SMILES string of the molecule is CCC(C)N1C(=O)/C(=C/c2ccc(-c3cccc([N+](=O)[O-])c3)o2)SC1=S. The Morgan fingerprint density at radius 1 is 1.38 bits per heavy atom. The highest BCUT2D eigenvalue weighted by Crippen LogP contribution is 2.35. The molecule has 0 radical (unpaired) electrons. The van der Waals surface area contributed by atoms with E-state index in [1.165, 1.54) is 23.9 Å². The lowest BCUT2D eigenvalue weighted by atomic mass is 10.1. The normalized spacial score (nSPS) is 17.2. The number of non-ortho nitro benzene ring substituents is 1. The van der Waals surface area contributed by atoms with Gasteiger partial charge in [-0.1, -0.05) is 43.0 Å². The van der Waals surface area contributed by atoms with Gasteiger partial charge in [0.05, 0.1) is 9.83 Å². The van der Waals surface area contributed by atoms with Crippen molar-refractivity contribution in [3.05, 3.63) is 57.2 Å². The largest absolute Gasteiger partial charge is 0.457 e. The van der Waals surface area contributed by atoms with Crippen LogP contribution in [0, 0.1) is 10.1 Å². The minimum absolute atomic E-state index is 0.00475. The maximum Gasteiger partial charge on any atom is 0.270 e. The van der Waals surface area contributed by atoms with Crippen molar-refractivity contribution in [2.45, 2.75) is 26.3 Å². The van der Waals surface area contributed by atoms with Crippen molar-refractivity contribution < 1.29 is 14.1 Å². The number of rotatable bonds is 5. The molecule has 26 heavy (non-hydrogen) atoms. The van der Waals surface area contributed by atoms with Crippen molar-refractivity contribution in [3.63, 3.8) is 0 Å². The molecule has 1 aromatic heterocycles. The van der Waals surface area contributed by atoms with Crippen LogP contribution in [0.15, 0.2) is 45.7 Å². The standard InChI is InChI=1S/C18H16N2O4S2/c1-3-11(2)19-17(21)16(26-18(19)25)10-14-7-8-15(24-14)12-5-4-6-13(9-12)20(22)23/h4-11H,3H2,1-2H3/b16-10-. The zero-order valence-corrected chi connectivity index (χ0v) is 15.8. The molecule has 1 atom stereocenters. The predicted octanol–water partition coefficient (Wildman–Crippen LogP) is 4.85. The second-order valence-corrected chi connectivity index (χ2v) is 7.49. The topological polar surface area (TPSA) is 76.6 Å². The number of furan rings is 1. The van der Waals surface area contributed by atoms with E-state index in [4.69, 9.17) is 16.6 Å². The number of thioether (sulfide) groups is 1. The molecule has 0 aliphatic carbocycles. The van der Waals surface area contributed by atoms with E-state index in [2.05, 4.69) is 0 Å². The Hall–Kier alpha value is -2.45. The number of nitro groups is 1. The molecule has 1 aromatic carbocycles. The summed E-state index contributed by atoms with van der Waals surface area (Å²) in [5.74, 6) is 0.871. The molecule has 3 rings (SSSR count). The van der Waals surface area contributed by atoms with Crippen molar-refractivity contribution in [1.82, 2.24) is 4.90 Å². The van der Waals surface area contributed by atoms with Crippen LogP contribution in [0.1, 0.15) is 26.0 Å². The first-order chi connectivity index (χ1) is 12.4. The first-order valence-electron chi connectivity index (χ1n) is 8.02. The number of amides is 1. The fourth-order valence-corrected chi connectivity index (χ4v) is 3.97. The Kier molecular flexibility index (Phi) is 5.24. The number of hydrogen-bond acceptors (Lipinski definition) is 6. The lowest BCUT2D eigenvalue weighted by Gasteiger charge is -2.21. The Balaban J connectivity index is 1.86. The first-order valence-corrected chi connectivity index (χ1v) is 9.25. The monoisotopic (exact) mass is 388 g/mol. The van der Waals surface area contributed by atoms with Gasteiger partial charge in [-0.25, -0.2) is 0 Å². The molecule has 1 unspecified atom stereocenters. The lowest BCUT2D eigenvalue weighted by Crippen LogP contribution is -2.36. The zero-order valence-electron chi connectivity index (χ0n) is 14.2. The van der Waals surface area contributed by atoms with Crippen molar-refractivity contribution in [1.29, 1.82) is 0 Å². The molecule has 1 fully saturated rings. The highest BCUT2D eigenvalue weighted by atomic mass is 32.2. The summed E-state index contributed by atoms with van der Waals surface area (Å²) in [5, 5.41) is 10.9. The Morgan fingerprint density at radius 2 is 2.15 bits per heavy atom. The number of nitrogens with zero attached hydrogens (tertiary/aromatic N) is 2. The molecule has 134 valence electrons. The van der Waals surface area contributed by atoms with Crippen molar-refractivity contribution in [2.24, 2.45) is 0 Å². The summed E-state index contributed by atoms with van der Waals surface area (Å²) in [6.45, 7) is 3.96. The van der Waals surface area contributed by atoms with Crippen LogP contribution in [-0.2, 0) is 4.79 Å². The third-order valence-corrected chi connectivity index (χ3v) is 5.43. The molecule has 0 spiro atoms. The Bertz CT molecular complexity index is 919. The Labute approximate surface area is 160 Å². The fourth-order valence-electron chi connectivity index (χ4n) is 2.53. The highest BCUT2D eigenvalue weighted by molar-refractivity contribution is 8.26. The zero-order chi connectivity index (χ0) is 18.8. The Morgan fingerprint density at radius 3 is 2.85 bits per heavy atom. The van der Waals surface area contributed by atoms with Crippen LogP contribution < -0.4 is 0 Å². The van der Waals surface area contributed by atoms with Crippen LogP contribution in [0.3, 0.4) is 0 Å². The molecule has 2 heterocycles. The maximum atomic E-state index is 12.5. The third-order valence-electron chi connectivity index (χ3n) is 4.10. The van der Waals surface area contributed by atoms with Gasteiger partial charge in [0, 0.05) is 29.8 Å². The highest BCUT2D eigenvalue weighted by Gasteiger charge is 2.34. The van der Waals surface area contributed by atoms with Crippen molar-refractivity contribution in [2.75, 3.05) is 0 Å². The van der Waals surface area contributed by atoms with Gasteiger partial charge in [0.1, 0.15) is 15.8 Å². The number of thiocarbonyl (C=S) groups is 1.